The van der Waals surface area contributed by atoms with Crippen molar-refractivity contribution >= 4 is 11.4 Å². The highest BCUT2D eigenvalue weighted by atomic mass is 16.5. The fourth-order valence-electron chi connectivity index (χ4n) is 6.47. The lowest BCUT2D eigenvalue weighted by molar-refractivity contribution is 0.415. The van der Waals surface area contributed by atoms with Gasteiger partial charge < -0.3 is 14.5 Å². The van der Waals surface area contributed by atoms with E-state index in [0.717, 1.165) is 54.2 Å². The van der Waals surface area contributed by atoms with Gasteiger partial charge in [-0.15, -0.1) is 0 Å². The third-order valence-corrected chi connectivity index (χ3v) is 9.14. The van der Waals surface area contributed by atoms with Crippen LogP contribution < -0.4 is 14.5 Å². The molecule has 0 aliphatic rings. The molecule has 0 saturated heterocycles. The maximum atomic E-state index is 5.81. The van der Waals surface area contributed by atoms with Crippen LogP contribution in [0.15, 0.2) is 188 Å². The smallest absolute Gasteiger partial charge is 0.120 e. The molecule has 0 radical (unpaired) electrons. The van der Waals surface area contributed by atoms with E-state index in [1.54, 1.807) is 7.11 Å². The van der Waals surface area contributed by atoms with Gasteiger partial charge in [-0.25, -0.2) is 0 Å². The molecule has 0 saturated carbocycles. The Bertz CT molecular complexity index is 1830. The predicted molar refractivity (Wildman–Crippen MR) is 209 cm³/mol. The molecule has 50 heavy (non-hydrogen) atoms. The summed E-state index contributed by atoms with van der Waals surface area (Å²) in [6.45, 7) is 3.34. The van der Waals surface area contributed by atoms with Crippen molar-refractivity contribution in [3.63, 3.8) is 0 Å². The van der Waals surface area contributed by atoms with Crippen molar-refractivity contribution in [2.45, 2.75) is 26.2 Å². The normalized spacial score (nSPS) is 10.8. The third kappa shape index (κ3) is 8.32. The summed E-state index contributed by atoms with van der Waals surface area (Å²) >= 11 is 0. The van der Waals surface area contributed by atoms with E-state index in [1.807, 2.05) is 0 Å². The Kier molecular flexibility index (Phi) is 10.3. The molecular weight excluding hydrogens is 609 g/mol. The van der Waals surface area contributed by atoms with E-state index in [4.69, 9.17) is 4.74 Å². The van der Waals surface area contributed by atoms with Crippen LogP contribution in [0.2, 0.25) is 0 Å². The maximum absolute atomic E-state index is 5.81. The van der Waals surface area contributed by atoms with Gasteiger partial charge in [0.15, 0.2) is 0 Å². The van der Waals surface area contributed by atoms with Crippen molar-refractivity contribution in [2.75, 3.05) is 16.9 Å². The van der Waals surface area contributed by atoms with E-state index in [9.17, 15) is 0 Å². The van der Waals surface area contributed by atoms with Crippen molar-refractivity contribution in [1.29, 1.82) is 0 Å². The average molecular weight is 651 g/mol. The minimum Gasteiger partial charge on any atom is -0.497 e. The highest BCUT2D eigenvalue weighted by Gasteiger charge is 2.13. The van der Waals surface area contributed by atoms with Crippen LogP contribution in [0.25, 0.3) is 22.3 Å². The summed E-state index contributed by atoms with van der Waals surface area (Å²) in [5.74, 6) is 0.843. The number of hydrogen-bond acceptors (Lipinski definition) is 3. The van der Waals surface area contributed by atoms with Crippen molar-refractivity contribution in [3.8, 4) is 28.0 Å². The van der Waals surface area contributed by atoms with Crippen LogP contribution in [0.3, 0.4) is 0 Å². The van der Waals surface area contributed by atoms with Crippen LogP contribution in [-0.4, -0.2) is 7.11 Å². The van der Waals surface area contributed by atoms with Crippen LogP contribution in [0, 0.1) is 0 Å². The molecule has 0 amide bonds. The summed E-state index contributed by atoms with van der Waals surface area (Å²) in [7, 11) is 1.74. The van der Waals surface area contributed by atoms with Crippen molar-refractivity contribution in [2.24, 2.45) is 0 Å². The number of benzene rings is 7. The van der Waals surface area contributed by atoms with Crippen LogP contribution >= 0.6 is 0 Å². The maximum Gasteiger partial charge on any atom is 0.120 e. The van der Waals surface area contributed by atoms with Crippen molar-refractivity contribution in [3.05, 3.63) is 210 Å². The standard InChI is InChI=1S/C47H42N2O/c1-50-47-31-43(41-22-26-45(27-23-41)48(33-37-14-6-2-7-15-37)34-38-16-8-3-9-17-38)30-44(32-47)42-24-28-46(29-25-42)49(35-39-18-10-4-11-19-39)36-40-20-12-5-13-21-40/h2-32H,33-36H2,1H3. The zero-order valence-electron chi connectivity index (χ0n) is 28.5. The molecule has 7 rings (SSSR count). The second kappa shape index (κ2) is 15.9. The Morgan fingerprint density at radius 1 is 0.340 bits per heavy atom. The van der Waals surface area contributed by atoms with Gasteiger partial charge in [-0.1, -0.05) is 146 Å². The monoisotopic (exact) mass is 650 g/mol. The first kappa shape index (κ1) is 32.5. The molecule has 3 heteroatoms. The average Bonchev–Trinajstić information content (AvgIpc) is 3.19. The van der Waals surface area contributed by atoms with E-state index in [1.165, 1.54) is 33.6 Å². The number of nitrogens with zero attached hydrogens (tertiary/aromatic N) is 2. The molecule has 0 atom stereocenters. The van der Waals surface area contributed by atoms with E-state index in [0.29, 0.717) is 0 Å². The van der Waals surface area contributed by atoms with Crippen LogP contribution in [-0.2, 0) is 26.2 Å². The largest absolute Gasteiger partial charge is 0.497 e. The van der Waals surface area contributed by atoms with Crippen molar-refractivity contribution < 1.29 is 4.74 Å². The van der Waals surface area contributed by atoms with E-state index < -0.39 is 0 Å². The highest BCUT2D eigenvalue weighted by Crippen LogP contribution is 2.34. The number of hydrogen-bond donors (Lipinski definition) is 0. The Balaban J connectivity index is 1.14. The van der Waals surface area contributed by atoms with E-state index >= 15 is 0 Å². The molecule has 0 heterocycles. The predicted octanol–water partition coefficient (Wildman–Crippen LogP) is 11.4. The van der Waals surface area contributed by atoms with Crippen LogP contribution in [0.5, 0.6) is 5.75 Å². The van der Waals surface area contributed by atoms with Crippen LogP contribution in [0.1, 0.15) is 22.3 Å². The second-order valence-corrected chi connectivity index (χ2v) is 12.7. The first-order chi connectivity index (χ1) is 24.7. The fourth-order valence-corrected chi connectivity index (χ4v) is 6.47. The van der Waals surface area contributed by atoms with Gasteiger partial charge in [-0.05, 0) is 87.0 Å². The van der Waals surface area contributed by atoms with Gasteiger partial charge in [0.25, 0.3) is 0 Å². The molecule has 0 N–H and O–H groups in total. The number of ether oxygens (including phenoxy) is 1. The Hall–Kier alpha value is -6.06. The molecule has 0 unspecified atom stereocenters. The summed E-state index contributed by atoms with van der Waals surface area (Å²) in [4.78, 5) is 4.87. The molecule has 0 aliphatic heterocycles. The molecule has 246 valence electrons. The molecule has 7 aromatic rings. The zero-order valence-corrected chi connectivity index (χ0v) is 28.5. The summed E-state index contributed by atoms with van der Waals surface area (Å²) < 4.78 is 5.81. The zero-order chi connectivity index (χ0) is 34.0. The quantitative estimate of drug-likeness (QED) is 0.124. The highest BCUT2D eigenvalue weighted by molar-refractivity contribution is 5.77. The molecule has 3 nitrogen and oxygen atoms in total. The Morgan fingerprint density at radius 2 is 0.640 bits per heavy atom. The Labute approximate surface area is 296 Å². The number of rotatable bonds is 13. The van der Waals surface area contributed by atoms with Gasteiger partial charge in [0.05, 0.1) is 7.11 Å². The minimum absolute atomic E-state index is 0.836. The minimum atomic E-state index is 0.836. The van der Waals surface area contributed by atoms with Crippen LogP contribution in [0.4, 0.5) is 11.4 Å². The fraction of sp³-hybridized carbons (Fsp3) is 0.106. The molecule has 0 bridgehead atoms. The lowest BCUT2D eigenvalue weighted by Gasteiger charge is -2.26. The van der Waals surface area contributed by atoms with Gasteiger partial charge in [0, 0.05) is 37.6 Å². The van der Waals surface area contributed by atoms with Gasteiger partial charge >= 0.3 is 0 Å². The molecule has 7 aromatic carbocycles. The van der Waals surface area contributed by atoms with E-state index in [2.05, 4.69) is 198 Å². The van der Waals surface area contributed by atoms with Gasteiger partial charge in [0.2, 0.25) is 0 Å². The van der Waals surface area contributed by atoms with Gasteiger partial charge in [-0.3, -0.25) is 0 Å². The topological polar surface area (TPSA) is 15.7 Å². The number of anilines is 2. The molecule has 0 aliphatic carbocycles. The summed E-state index contributed by atoms with van der Waals surface area (Å²) in [5.41, 5.74) is 12.1. The molecular formula is C47H42N2O. The SMILES string of the molecule is COc1cc(-c2ccc(N(Cc3ccccc3)Cc3ccccc3)cc2)cc(-c2ccc(N(Cc3ccccc3)Cc3ccccc3)cc2)c1. The summed E-state index contributed by atoms with van der Waals surface area (Å²) in [6, 6.07) is 67.1. The lowest BCUT2D eigenvalue weighted by Crippen LogP contribution is -2.22. The Morgan fingerprint density at radius 3 is 0.920 bits per heavy atom. The molecule has 0 aromatic heterocycles. The van der Waals surface area contributed by atoms with Crippen molar-refractivity contribution in [1.82, 2.24) is 0 Å². The lowest BCUT2D eigenvalue weighted by atomic mass is 9.98. The first-order valence-corrected chi connectivity index (χ1v) is 17.3. The summed E-state index contributed by atoms with van der Waals surface area (Å²) in [6.07, 6.45) is 0. The third-order valence-electron chi connectivity index (χ3n) is 9.14. The van der Waals surface area contributed by atoms with Gasteiger partial charge in [0.1, 0.15) is 5.75 Å². The molecule has 0 fully saturated rings. The number of methoxy groups -OCH3 is 1. The van der Waals surface area contributed by atoms with E-state index in [-0.39, 0.29) is 0 Å². The molecule has 0 spiro atoms. The first-order valence-electron chi connectivity index (χ1n) is 17.3. The van der Waals surface area contributed by atoms with Gasteiger partial charge in [-0.2, -0.15) is 0 Å². The summed E-state index contributed by atoms with van der Waals surface area (Å²) in [5, 5.41) is 0. The second-order valence-electron chi connectivity index (χ2n) is 12.7.